The molecule has 1 aromatic rings. The lowest BCUT2D eigenvalue weighted by Crippen LogP contribution is -2.50. The van der Waals surface area contributed by atoms with E-state index < -0.39 is 0 Å². The molecule has 1 atom stereocenters. The standard InChI is InChI=1S/C15H29N5O/c1-12(2)16-7-5-6-15-17-14(18-21-15)10-13-11-19(3)8-9-20(13)4/h12-13,16H,5-11H2,1-4H3. The average molecular weight is 295 g/mol. The first-order chi connectivity index (χ1) is 10.0. The van der Waals surface area contributed by atoms with E-state index in [1.54, 1.807) is 0 Å². The maximum atomic E-state index is 5.35. The van der Waals surface area contributed by atoms with Crippen LogP contribution in [0.5, 0.6) is 0 Å². The van der Waals surface area contributed by atoms with Crippen molar-refractivity contribution in [3.8, 4) is 0 Å². The van der Waals surface area contributed by atoms with E-state index in [0.717, 1.165) is 57.2 Å². The molecular formula is C15H29N5O. The molecule has 6 nitrogen and oxygen atoms in total. The molecule has 21 heavy (non-hydrogen) atoms. The second-order valence-electron chi connectivity index (χ2n) is 6.42. The van der Waals surface area contributed by atoms with E-state index in [1.807, 2.05) is 0 Å². The Morgan fingerprint density at radius 2 is 2.14 bits per heavy atom. The smallest absolute Gasteiger partial charge is 0.226 e. The zero-order valence-corrected chi connectivity index (χ0v) is 13.8. The van der Waals surface area contributed by atoms with Crippen molar-refractivity contribution >= 4 is 0 Å². The minimum atomic E-state index is 0.483. The van der Waals surface area contributed by atoms with Crippen molar-refractivity contribution in [2.45, 2.75) is 45.2 Å². The number of hydrogen-bond donors (Lipinski definition) is 1. The SMILES string of the molecule is CC(C)NCCCc1nc(CC2CN(C)CCN2C)no1. The zero-order valence-electron chi connectivity index (χ0n) is 13.8. The van der Waals surface area contributed by atoms with Gasteiger partial charge in [0.25, 0.3) is 0 Å². The molecule has 0 saturated carbocycles. The van der Waals surface area contributed by atoms with E-state index in [2.05, 4.69) is 53.2 Å². The fourth-order valence-electron chi connectivity index (χ4n) is 2.64. The highest BCUT2D eigenvalue weighted by molar-refractivity contribution is 4.93. The largest absolute Gasteiger partial charge is 0.339 e. The van der Waals surface area contributed by atoms with Gasteiger partial charge in [-0.2, -0.15) is 4.98 Å². The van der Waals surface area contributed by atoms with Crippen LogP contribution < -0.4 is 5.32 Å². The van der Waals surface area contributed by atoms with Gasteiger partial charge in [-0.1, -0.05) is 19.0 Å². The van der Waals surface area contributed by atoms with Gasteiger partial charge >= 0.3 is 0 Å². The topological polar surface area (TPSA) is 57.4 Å². The molecule has 1 N–H and O–H groups in total. The Balaban J connectivity index is 1.77. The molecule has 120 valence electrons. The monoisotopic (exact) mass is 295 g/mol. The van der Waals surface area contributed by atoms with Crippen molar-refractivity contribution in [1.29, 1.82) is 0 Å². The van der Waals surface area contributed by atoms with Crippen LogP contribution >= 0.6 is 0 Å². The fraction of sp³-hybridized carbons (Fsp3) is 0.867. The Hall–Kier alpha value is -0.980. The van der Waals surface area contributed by atoms with E-state index in [1.165, 1.54) is 0 Å². The highest BCUT2D eigenvalue weighted by atomic mass is 16.5. The normalized spacial score (nSPS) is 21.3. The second kappa shape index (κ2) is 7.87. The molecular weight excluding hydrogens is 266 g/mol. The van der Waals surface area contributed by atoms with Crippen LogP contribution in [0.3, 0.4) is 0 Å². The summed E-state index contributed by atoms with van der Waals surface area (Å²) in [6.45, 7) is 8.61. The van der Waals surface area contributed by atoms with Crippen LogP contribution in [0.4, 0.5) is 0 Å². The minimum Gasteiger partial charge on any atom is -0.339 e. The van der Waals surface area contributed by atoms with Gasteiger partial charge in [0.05, 0.1) is 0 Å². The molecule has 0 aromatic carbocycles. The van der Waals surface area contributed by atoms with Gasteiger partial charge in [-0.15, -0.1) is 0 Å². The summed E-state index contributed by atoms with van der Waals surface area (Å²) in [5.41, 5.74) is 0. The lowest BCUT2D eigenvalue weighted by molar-refractivity contribution is 0.113. The van der Waals surface area contributed by atoms with Crippen molar-refractivity contribution in [3.63, 3.8) is 0 Å². The first-order valence-electron chi connectivity index (χ1n) is 7.98. The van der Waals surface area contributed by atoms with Gasteiger partial charge in [0.15, 0.2) is 5.82 Å². The van der Waals surface area contributed by atoms with Crippen LogP contribution in [-0.4, -0.2) is 72.3 Å². The predicted molar refractivity (Wildman–Crippen MR) is 83.4 cm³/mol. The number of piperazine rings is 1. The number of rotatable bonds is 7. The van der Waals surface area contributed by atoms with Crippen molar-refractivity contribution in [1.82, 2.24) is 25.3 Å². The van der Waals surface area contributed by atoms with Crippen LogP contribution in [0.15, 0.2) is 4.52 Å². The number of nitrogens with one attached hydrogen (secondary N) is 1. The van der Waals surface area contributed by atoms with Gasteiger partial charge in [0, 0.05) is 44.6 Å². The van der Waals surface area contributed by atoms with Crippen molar-refractivity contribution < 1.29 is 4.52 Å². The quantitative estimate of drug-likeness (QED) is 0.751. The minimum absolute atomic E-state index is 0.483. The molecule has 1 aliphatic heterocycles. The van der Waals surface area contributed by atoms with Crippen LogP contribution in [0, 0.1) is 0 Å². The van der Waals surface area contributed by atoms with Gasteiger partial charge in [-0.05, 0) is 27.1 Å². The molecule has 1 unspecified atom stereocenters. The molecule has 2 heterocycles. The van der Waals surface area contributed by atoms with Crippen LogP contribution in [0.25, 0.3) is 0 Å². The number of aromatic nitrogens is 2. The zero-order chi connectivity index (χ0) is 15.2. The Labute approximate surface area is 127 Å². The number of likely N-dealkylation sites (N-methyl/N-ethyl adjacent to an activating group) is 2. The highest BCUT2D eigenvalue weighted by Crippen LogP contribution is 2.11. The number of nitrogens with zero attached hydrogens (tertiary/aromatic N) is 4. The summed E-state index contributed by atoms with van der Waals surface area (Å²) in [4.78, 5) is 9.29. The molecule has 1 saturated heterocycles. The third-order valence-corrected chi connectivity index (χ3v) is 4.03. The third kappa shape index (κ3) is 5.37. The lowest BCUT2D eigenvalue weighted by atomic mass is 10.1. The fourth-order valence-corrected chi connectivity index (χ4v) is 2.64. The summed E-state index contributed by atoms with van der Waals surface area (Å²) in [5.74, 6) is 1.61. The van der Waals surface area contributed by atoms with Gasteiger partial charge in [-0.3, -0.25) is 0 Å². The molecule has 1 fully saturated rings. The van der Waals surface area contributed by atoms with Crippen LogP contribution in [0.1, 0.15) is 32.0 Å². The molecule has 2 rings (SSSR count). The maximum Gasteiger partial charge on any atom is 0.226 e. The maximum absolute atomic E-state index is 5.35. The number of aryl methyl sites for hydroxylation is 1. The molecule has 1 aliphatic rings. The molecule has 0 spiro atoms. The van der Waals surface area contributed by atoms with Gasteiger partial charge in [0.2, 0.25) is 5.89 Å². The molecule has 6 heteroatoms. The summed E-state index contributed by atoms with van der Waals surface area (Å²) in [6, 6.07) is 1.01. The van der Waals surface area contributed by atoms with Crippen LogP contribution in [-0.2, 0) is 12.8 Å². The highest BCUT2D eigenvalue weighted by Gasteiger charge is 2.24. The predicted octanol–water partition coefficient (Wildman–Crippen LogP) is 0.789. The molecule has 0 radical (unpaired) electrons. The summed E-state index contributed by atoms with van der Waals surface area (Å²) < 4.78 is 5.35. The molecule has 0 aliphatic carbocycles. The van der Waals surface area contributed by atoms with E-state index in [-0.39, 0.29) is 0 Å². The average Bonchev–Trinajstić information content (AvgIpc) is 2.86. The Morgan fingerprint density at radius 3 is 2.90 bits per heavy atom. The van der Waals surface area contributed by atoms with Crippen LogP contribution in [0.2, 0.25) is 0 Å². The first kappa shape index (κ1) is 16.4. The van der Waals surface area contributed by atoms with Gasteiger partial charge in [-0.25, -0.2) is 0 Å². The Bertz CT molecular complexity index is 420. The number of hydrogen-bond acceptors (Lipinski definition) is 6. The third-order valence-electron chi connectivity index (χ3n) is 4.03. The van der Waals surface area contributed by atoms with Crippen molar-refractivity contribution in [2.24, 2.45) is 0 Å². The summed E-state index contributed by atoms with van der Waals surface area (Å²) in [6.07, 6.45) is 2.76. The van der Waals surface area contributed by atoms with E-state index in [0.29, 0.717) is 12.1 Å². The molecule has 0 bridgehead atoms. The Kier molecular flexibility index (Phi) is 6.14. The first-order valence-corrected chi connectivity index (χ1v) is 7.98. The van der Waals surface area contributed by atoms with Gasteiger partial charge in [0.1, 0.15) is 0 Å². The molecule has 0 amide bonds. The summed E-state index contributed by atoms with van der Waals surface area (Å²) in [5, 5.41) is 7.53. The Morgan fingerprint density at radius 1 is 1.33 bits per heavy atom. The van der Waals surface area contributed by atoms with Crippen molar-refractivity contribution in [2.75, 3.05) is 40.3 Å². The van der Waals surface area contributed by atoms with Crippen molar-refractivity contribution in [3.05, 3.63) is 11.7 Å². The molecule has 1 aromatic heterocycles. The second-order valence-corrected chi connectivity index (χ2v) is 6.42. The van der Waals surface area contributed by atoms with E-state index >= 15 is 0 Å². The summed E-state index contributed by atoms with van der Waals surface area (Å²) in [7, 11) is 4.35. The van der Waals surface area contributed by atoms with E-state index in [4.69, 9.17) is 4.52 Å². The lowest BCUT2D eigenvalue weighted by Gasteiger charge is -2.37. The summed E-state index contributed by atoms with van der Waals surface area (Å²) >= 11 is 0. The van der Waals surface area contributed by atoms with E-state index in [9.17, 15) is 0 Å². The van der Waals surface area contributed by atoms with Gasteiger partial charge < -0.3 is 19.6 Å².